The number of benzene rings is 2. The molecule has 0 saturated carbocycles. The summed E-state index contributed by atoms with van der Waals surface area (Å²) in [7, 11) is 0. The SMILES string of the molecule is OC(CCCl)c1ccc(Br)cc1.OC(CCn1ccnc1)c1ccc(Br)cc1. The van der Waals surface area contributed by atoms with Gasteiger partial charge in [0.25, 0.3) is 0 Å². The highest BCUT2D eigenvalue weighted by Crippen LogP contribution is 2.20. The van der Waals surface area contributed by atoms with E-state index in [0.29, 0.717) is 18.7 Å². The molecule has 2 aromatic carbocycles. The first kappa shape index (κ1) is 23.1. The van der Waals surface area contributed by atoms with Crippen molar-refractivity contribution in [3.63, 3.8) is 0 Å². The van der Waals surface area contributed by atoms with Gasteiger partial charge in [0.1, 0.15) is 0 Å². The summed E-state index contributed by atoms with van der Waals surface area (Å²) in [5, 5.41) is 19.5. The molecule has 0 fully saturated rings. The largest absolute Gasteiger partial charge is 0.388 e. The fourth-order valence-corrected chi connectivity index (χ4v) is 3.23. The third-order valence-corrected chi connectivity index (χ3v) is 5.39. The normalized spacial score (nSPS) is 12.8. The predicted octanol–water partition coefficient (Wildman–Crippen LogP) is 5.88. The number of halogens is 3. The van der Waals surface area contributed by atoms with Crippen molar-refractivity contribution in [2.45, 2.75) is 31.6 Å². The van der Waals surface area contributed by atoms with Crippen LogP contribution in [0.2, 0.25) is 0 Å². The van der Waals surface area contributed by atoms with E-state index >= 15 is 0 Å². The molecule has 0 bridgehead atoms. The second-order valence-electron chi connectivity index (χ2n) is 6.20. The van der Waals surface area contributed by atoms with Crippen molar-refractivity contribution in [1.29, 1.82) is 0 Å². The number of aliphatic hydroxyl groups excluding tert-OH is 2. The molecule has 1 aromatic heterocycles. The van der Waals surface area contributed by atoms with Gasteiger partial charge < -0.3 is 14.8 Å². The van der Waals surface area contributed by atoms with Gasteiger partial charge in [0.2, 0.25) is 0 Å². The average molecular weight is 531 g/mol. The van der Waals surface area contributed by atoms with Gasteiger partial charge in [-0.2, -0.15) is 0 Å². The number of hydrogen-bond donors (Lipinski definition) is 2. The number of hydrogen-bond acceptors (Lipinski definition) is 3. The summed E-state index contributed by atoms with van der Waals surface area (Å²) in [5.41, 5.74) is 1.86. The Hall–Kier alpha value is -1.18. The second kappa shape index (κ2) is 12.4. The smallest absolute Gasteiger partial charge is 0.0945 e. The van der Waals surface area contributed by atoms with Gasteiger partial charge in [-0.05, 0) is 48.2 Å². The molecule has 2 atom stereocenters. The molecule has 28 heavy (non-hydrogen) atoms. The van der Waals surface area contributed by atoms with Crippen molar-refractivity contribution in [3.8, 4) is 0 Å². The van der Waals surface area contributed by atoms with Crippen molar-refractivity contribution in [2.75, 3.05) is 5.88 Å². The number of alkyl halides is 1. The van der Waals surface area contributed by atoms with Crippen LogP contribution in [0.5, 0.6) is 0 Å². The van der Waals surface area contributed by atoms with Gasteiger partial charge in [0.05, 0.1) is 18.5 Å². The maximum atomic E-state index is 9.96. The molecule has 4 nitrogen and oxygen atoms in total. The van der Waals surface area contributed by atoms with Crippen LogP contribution >= 0.6 is 43.5 Å². The summed E-state index contributed by atoms with van der Waals surface area (Å²) in [4.78, 5) is 3.96. The number of aromatic nitrogens is 2. The van der Waals surface area contributed by atoms with Gasteiger partial charge in [-0.25, -0.2) is 4.98 Å². The minimum Gasteiger partial charge on any atom is -0.388 e. The van der Waals surface area contributed by atoms with E-state index in [1.54, 1.807) is 12.5 Å². The standard InChI is InChI=1S/C12H13BrN2O.C9H10BrClO/c13-11-3-1-10(2-4-11)12(16)5-7-15-8-6-14-9-15;10-8-3-1-7(2-4-8)9(12)5-6-11/h1-4,6,8-9,12,16H,5,7H2;1-4,9,12H,5-6H2. The molecule has 1 heterocycles. The summed E-state index contributed by atoms with van der Waals surface area (Å²) >= 11 is 12.2. The lowest BCUT2D eigenvalue weighted by Crippen LogP contribution is -2.03. The molecule has 0 amide bonds. The highest BCUT2D eigenvalue weighted by Gasteiger charge is 2.07. The number of imidazole rings is 1. The Labute approximate surface area is 187 Å². The van der Waals surface area contributed by atoms with E-state index in [9.17, 15) is 10.2 Å². The Kier molecular flexibility index (Phi) is 10.2. The van der Waals surface area contributed by atoms with E-state index in [-0.39, 0.29) is 0 Å². The topological polar surface area (TPSA) is 58.3 Å². The zero-order chi connectivity index (χ0) is 20.4. The van der Waals surface area contributed by atoms with Crippen molar-refractivity contribution in [1.82, 2.24) is 9.55 Å². The maximum Gasteiger partial charge on any atom is 0.0945 e. The Bertz CT molecular complexity index is 796. The van der Waals surface area contributed by atoms with E-state index in [4.69, 9.17) is 11.6 Å². The first-order valence-corrected chi connectivity index (χ1v) is 11.0. The average Bonchev–Trinajstić information content (AvgIpc) is 3.21. The third-order valence-electron chi connectivity index (χ3n) is 4.11. The van der Waals surface area contributed by atoms with E-state index in [2.05, 4.69) is 36.8 Å². The molecule has 0 spiro atoms. The molecule has 2 unspecified atom stereocenters. The van der Waals surface area contributed by atoms with Crippen molar-refractivity contribution >= 4 is 43.5 Å². The fourth-order valence-electron chi connectivity index (χ4n) is 2.50. The molecular weight excluding hydrogens is 508 g/mol. The Morgan fingerprint density at radius 2 is 1.36 bits per heavy atom. The van der Waals surface area contributed by atoms with Gasteiger partial charge >= 0.3 is 0 Å². The van der Waals surface area contributed by atoms with Crippen LogP contribution < -0.4 is 0 Å². The van der Waals surface area contributed by atoms with Crippen LogP contribution in [0.1, 0.15) is 36.2 Å². The molecule has 150 valence electrons. The molecule has 2 N–H and O–H groups in total. The minimum atomic E-state index is -0.435. The van der Waals surface area contributed by atoms with Crippen LogP contribution in [0.25, 0.3) is 0 Å². The lowest BCUT2D eigenvalue weighted by atomic mass is 10.1. The van der Waals surface area contributed by atoms with E-state index in [0.717, 1.165) is 26.6 Å². The van der Waals surface area contributed by atoms with Crippen LogP contribution in [0.15, 0.2) is 76.2 Å². The highest BCUT2D eigenvalue weighted by molar-refractivity contribution is 9.10. The predicted molar refractivity (Wildman–Crippen MR) is 120 cm³/mol. The molecule has 0 saturated heterocycles. The molecular formula is C21H23Br2ClN2O2. The van der Waals surface area contributed by atoms with E-state index in [1.165, 1.54) is 0 Å². The Morgan fingerprint density at radius 3 is 1.79 bits per heavy atom. The quantitative estimate of drug-likeness (QED) is 0.375. The molecule has 7 heteroatoms. The number of rotatable bonds is 7. The fraction of sp³-hybridized carbons (Fsp3) is 0.286. The third kappa shape index (κ3) is 8.05. The summed E-state index contributed by atoms with van der Waals surface area (Å²) in [5.74, 6) is 0.483. The molecule has 0 aliphatic rings. The molecule has 0 aliphatic carbocycles. The van der Waals surface area contributed by atoms with Crippen LogP contribution in [-0.2, 0) is 6.54 Å². The monoisotopic (exact) mass is 528 g/mol. The van der Waals surface area contributed by atoms with Crippen LogP contribution in [0.3, 0.4) is 0 Å². The Balaban J connectivity index is 0.000000209. The summed E-state index contributed by atoms with van der Waals surface area (Å²) < 4.78 is 4.00. The minimum absolute atomic E-state index is 0.421. The zero-order valence-corrected chi connectivity index (χ0v) is 19.2. The lowest BCUT2D eigenvalue weighted by molar-refractivity contribution is 0.161. The van der Waals surface area contributed by atoms with Gasteiger partial charge in [-0.15, -0.1) is 11.6 Å². The Morgan fingerprint density at radius 1 is 0.857 bits per heavy atom. The maximum absolute atomic E-state index is 9.96. The van der Waals surface area contributed by atoms with Crippen LogP contribution in [-0.4, -0.2) is 25.6 Å². The lowest BCUT2D eigenvalue weighted by Gasteiger charge is -2.11. The number of nitrogens with zero attached hydrogens (tertiary/aromatic N) is 2. The number of aryl methyl sites for hydroxylation is 1. The van der Waals surface area contributed by atoms with Crippen LogP contribution in [0, 0.1) is 0 Å². The summed E-state index contributed by atoms with van der Waals surface area (Å²) in [6.45, 7) is 0.775. The summed E-state index contributed by atoms with van der Waals surface area (Å²) in [6.07, 6.45) is 5.83. The van der Waals surface area contributed by atoms with Gasteiger partial charge in [-0.3, -0.25) is 0 Å². The van der Waals surface area contributed by atoms with Gasteiger partial charge in [0, 0.05) is 33.8 Å². The van der Waals surface area contributed by atoms with Crippen LogP contribution in [0.4, 0.5) is 0 Å². The first-order valence-electron chi connectivity index (χ1n) is 8.88. The van der Waals surface area contributed by atoms with E-state index < -0.39 is 12.2 Å². The van der Waals surface area contributed by atoms with Gasteiger partial charge in [0.15, 0.2) is 0 Å². The number of aliphatic hydroxyl groups is 2. The molecule has 3 aromatic rings. The first-order chi connectivity index (χ1) is 13.5. The van der Waals surface area contributed by atoms with Crippen molar-refractivity contribution < 1.29 is 10.2 Å². The molecule has 0 aliphatic heterocycles. The van der Waals surface area contributed by atoms with E-state index in [1.807, 2.05) is 59.3 Å². The van der Waals surface area contributed by atoms with Crippen molar-refractivity contribution in [3.05, 3.63) is 87.3 Å². The summed E-state index contributed by atoms with van der Waals surface area (Å²) in [6, 6.07) is 15.3. The van der Waals surface area contributed by atoms with Gasteiger partial charge in [-0.1, -0.05) is 56.1 Å². The second-order valence-corrected chi connectivity index (χ2v) is 8.41. The zero-order valence-electron chi connectivity index (χ0n) is 15.3. The highest BCUT2D eigenvalue weighted by atomic mass is 79.9. The molecule has 0 radical (unpaired) electrons. The molecule has 3 rings (SSSR count). The van der Waals surface area contributed by atoms with Crippen molar-refractivity contribution in [2.24, 2.45) is 0 Å².